The largest absolute Gasteiger partial charge is 1.00 e. The second-order valence-corrected chi connectivity index (χ2v) is 9.55. The zero-order valence-corrected chi connectivity index (χ0v) is 17.7. The van der Waals surface area contributed by atoms with Crippen LogP contribution in [-0.4, -0.2) is 11.2 Å². The maximum absolute atomic E-state index is 13.1. The summed E-state index contributed by atoms with van der Waals surface area (Å²) in [6.45, 7) is 13.4. The SMILES string of the molecule is CC(C)c1cc(C(C)C)c(C(=O)PC2CCCC2)c(C(C)C)c1.[H-].[Li+]. The van der Waals surface area contributed by atoms with E-state index in [0.29, 0.717) is 37.5 Å². The van der Waals surface area contributed by atoms with Gasteiger partial charge in [-0.05, 0) is 61.5 Å². The molecule has 0 spiro atoms. The van der Waals surface area contributed by atoms with Crippen LogP contribution >= 0.6 is 8.58 Å². The fourth-order valence-corrected chi connectivity index (χ4v) is 5.05. The van der Waals surface area contributed by atoms with Gasteiger partial charge in [0.15, 0.2) is 5.52 Å². The van der Waals surface area contributed by atoms with E-state index in [9.17, 15) is 4.79 Å². The summed E-state index contributed by atoms with van der Waals surface area (Å²) in [4.78, 5) is 13.1. The van der Waals surface area contributed by atoms with Crippen LogP contribution in [0.2, 0.25) is 0 Å². The van der Waals surface area contributed by atoms with Crippen molar-refractivity contribution in [3.05, 3.63) is 34.4 Å². The summed E-state index contributed by atoms with van der Waals surface area (Å²) in [6, 6.07) is 4.60. The third-order valence-electron chi connectivity index (χ3n) is 5.05. The zero-order valence-electron chi connectivity index (χ0n) is 17.7. The second-order valence-electron chi connectivity index (χ2n) is 7.99. The van der Waals surface area contributed by atoms with Gasteiger partial charge >= 0.3 is 18.9 Å². The molecule has 1 nitrogen and oxygen atoms in total. The summed E-state index contributed by atoms with van der Waals surface area (Å²) in [5.41, 5.74) is 6.04. The molecule has 1 aromatic carbocycles. The smallest absolute Gasteiger partial charge is 1.00 e. The predicted octanol–water partition coefficient (Wildman–Crippen LogP) is 3.93. The number of carbonyl (C=O) groups excluding carboxylic acids is 1. The van der Waals surface area contributed by atoms with Gasteiger partial charge in [0, 0.05) is 5.56 Å². The van der Waals surface area contributed by atoms with E-state index in [4.69, 9.17) is 0 Å². The molecule has 0 saturated heterocycles. The first-order chi connectivity index (χ1) is 10.8. The molecule has 0 bridgehead atoms. The van der Waals surface area contributed by atoms with Crippen LogP contribution in [0.25, 0.3) is 0 Å². The summed E-state index contributed by atoms with van der Waals surface area (Å²) in [5.74, 6) is 1.31. The second kappa shape index (κ2) is 9.57. The summed E-state index contributed by atoms with van der Waals surface area (Å²) in [7, 11) is 0.468. The Balaban J connectivity index is 0.00000288. The number of rotatable bonds is 6. The fraction of sp³-hybridized carbons (Fsp3) is 0.667. The van der Waals surface area contributed by atoms with Gasteiger partial charge in [-0.3, -0.25) is 4.79 Å². The van der Waals surface area contributed by atoms with E-state index in [2.05, 4.69) is 53.7 Å². The topological polar surface area (TPSA) is 17.1 Å². The van der Waals surface area contributed by atoms with Gasteiger partial charge in [-0.2, -0.15) is 0 Å². The molecule has 2 rings (SSSR count). The molecule has 24 heavy (non-hydrogen) atoms. The van der Waals surface area contributed by atoms with E-state index in [1.165, 1.54) is 42.4 Å². The van der Waals surface area contributed by atoms with E-state index in [0.717, 1.165) is 5.56 Å². The minimum Gasteiger partial charge on any atom is -1.00 e. The van der Waals surface area contributed by atoms with E-state index in [-0.39, 0.29) is 20.3 Å². The van der Waals surface area contributed by atoms with E-state index < -0.39 is 0 Å². The van der Waals surface area contributed by atoms with Crippen LogP contribution in [0.15, 0.2) is 12.1 Å². The van der Waals surface area contributed by atoms with Gasteiger partial charge in [-0.15, -0.1) is 0 Å². The van der Waals surface area contributed by atoms with Crippen molar-refractivity contribution in [3.8, 4) is 0 Å². The van der Waals surface area contributed by atoms with Gasteiger partial charge in [0.05, 0.1) is 0 Å². The minimum atomic E-state index is 0. The van der Waals surface area contributed by atoms with Gasteiger partial charge in [0.2, 0.25) is 0 Å². The minimum absolute atomic E-state index is 0. The molecule has 1 aliphatic carbocycles. The monoisotopic (exact) mass is 340 g/mol. The maximum Gasteiger partial charge on any atom is 1.00 e. The molecule has 0 aliphatic heterocycles. The van der Waals surface area contributed by atoms with E-state index in [1.54, 1.807) is 0 Å². The van der Waals surface area contributed by atoms with Crippen LogP contribution < -0.4 is 18.9 Å². The first-order valence-electron chi connectivity index (χ1n) is 9.29. The van der Waals surface area contributed by atoms with Crippen molar-refractivity contribution in [1.29, 1.82) is 0 Å². The molecule has 1 unspecified atom stereocenters. The molecule has 1 saturated carbocycles. The Bertz CT molecular complexity index is 534. The van der Waals surface area contributed by atoms with Crippen LogP contribution in [0.3, 0.4) is 0 Å². The standard InChI is InChI=1S/C21H33OP.Li.H/c1-13(2)16-11-18(14(3)4)20(19(12-16)15(5)6)21(22)23-17-9-7-8-10-17;;/h11-15,17,23H,7-10H2,1-6H3;;/q;+1;-1. The van der Waals surface area contributed by atoms with Crippen molar-refractivity contribution in [2.75, 3.05) is 0 Å². The average molecular weight is 340 g/mol. The Hall–Kier alpha value is -0.0826. The van der Waals surface area contributed by atoms with Gasteiger partial charge in [-0.25, -0.2) is 0 Å². The van der Waals surface area contributed by atoms with Gasteiger partial charge in [0.25, 0.3) is 0 Å². The number of hydrogen-bond acceptors (Lipinski definition) is 1. The van der Waals surface area contributed by atoms with Crippen LogP contribution in [0.4, 0.5) is 0 Å². The quantitative estimate of drug-likeness (QED) is 0.566. The van der Waals surface area contributed by atoms with Crippen LogP contribution in [0.5, 0.6) is 0 Å². The molecule has 130 valence electrons. The van der Waals surface area contributed by atoms with Crippen molar-refractivity contribution >= 4 is 14.1 Å². The molecule has 0 heterocycles. The Morgan fingerprint density at radius 2 is 1.42 bits per heavy atom. The van der Waals surface area contributed by atoms with E-state index >= 15 is 0 Å². The molecular formula is C21H34LiOP. The first kappa shape index (κ1) is 22.0. The van der Waals surface area contributed by atoms with Crippen LogP contribution in [0, 0.1) is 0 Å². The summed E-state index contributed by atoms with van der Waals surface area (Å²) in [5, 5.41) is 0. The van der Waals surface area contributed by atoms with E-state index in [1.807, 2.05) is 0 Å². The molecule has 1 atom stereocenters. The molecule has 0 aromatic heterocycles. The normalized spacial score (nSPS) is 15.9. The first-order valence-corrected chi connectivity index (χ1v) is 10.4. The molecule has 0 amide bonds. The van der Waals surface area contributed by atoms with Crippen molar-refractivity contribution in [1.82, 2.24) is 0 Å². The van der Waals surface area contributed by atoms with Crippen molar-refractivity contribution in [2.24, 2.45) is 0 Å². The Kier molecular flexibility index (Phi) is 8.76. The van der Waals surface area contributed by atoms with Crippen molar-refractivity contribution in [3.63, 3.8) is 0 Å². The van der Waals surface area contributed by atoms with Gasteiger partial charge < -0.3 is 1.43 Å². The molecule has 0 radical (unpaired) electrons. The Morgan fingerprint density at radius 3 is 1.79 bits per heavy atom. The molecule has 1 aliphatic rings. The van der Waals surface area contributed by atoms with Gasteiger partial charge in [-0.1, -0.05) is 66.5 Å². The van der Waals surface area contributed by atoms with Crippen LogP contribution in [-0.2, 0) is 0 Å². The molecule has 1 fully saturated rings. The summed E-state index contributed by atoms with van der Waals surface area (Å²) >= 11 is 0. The van der Waals surface area contributed by atoms with Crippen molar-refractivity contribution < 1.29 is 25.1 Å². The summed E-state index contributed by atoms with van der Waals surface area (Å²) in [6.07, 6.45) is 5.13. The average Bonchev–Trinajstić information content (AvgIpc) is 2.98. The number of carbonyl (C=O) groups is 1. The molecule has 0 N–H and O–H groups in total. The van der Waals surface area contributed by atoms with Gasteiger partial charge in [0.1, 0.15) is 0 Å². The Labute approximate surface area is 164 Å². The van der Waals surface area contributed by atoms with Crippen molar-refractivity contribution in [2.45, 2.75) is 90.6 Å². The zero-order chi connectivity index (χ0) is 17.1. The molecular weight excluding hydrogens is 306 g/mol. The fourth-order valence-electron chi connectivity index (χ4n) is 3.55. The molecule has 1 aromatic rings. The third kappa shape index (κ3) is 5.21. The number of hydrogen-bond donors (Lipinski definition) is 0. The van der Waals surface area contributed by atoms with Crippen LogP contribution in [0.1, 0.15) is 113 Å². The Morgan fingerprint density at radius 1 is 0.958 bits per heavy atom. The number of benzene rings is 1. The summed E-state index contributed by atoms with van der Waals surface area (Å²) < 4.78 is 0. The molecule has 3 heteroatoms. The third-order valence-corrected chi connectivity index (χ3v) is 6.55. The predicted molar refractivity (Wildman–Crippen MR) is 105 cm³/mol. The maximum atomic E-state index is 13.1.